The number of imidazole rings is 1. The lowest BCUT2D eigenvalue weighted by Gasteiger charge is -2.32. The minimum atomic E-state index is -0.0524. The van der Waals surface area contributed by atoms with Crippen LogP contribution in [0.15, 0.2) is 54.1 Å². The van der Waals surface area contributed by atoms with Crippen molar-refractivity contribution in [2.75, 3.05) is 19.6 Å². The van der Waals surface area contributed by atoms with E-state index < -0.39 is 0 Å². The Morgan fingerprint density at radius 1 is 1.08 bits per heavy atom. The molecule has 26 heavy (non-hydrogen) atoms. The van der Waals surface area contributed by atoms with E-state index in [1.807, 2.05) is 31.0 Å². The maximum Gasteiger partial charge on any atom is 0.266 e. The number of aromatic nitrogens is 6. The summed E-state index contributed by atoms with van der Waals surface area (Å²) in [6.45, 7) is 4.80. The predicted octanol–water partition coefficient (Wildman–Crippen LogP) is 1.04. The monoisotopic (exact) mass is 353 g/mol. The van der Waals surface area contributed by atoms with Gasteiger partial charge in [0.1, 0.15) is 0 Å². The predicted molar refractivity (Wildman–Crippen MR) is 97.0 cm³/mol. The van der Waals surface area contributed by atoms with Crippen LogP contribution in [0.25, 0.3) is 5.82 Å². The van der Waals surface area contributed by atoms with Gasteiger partial charge in [-0.1, -0.05) is 0 Å². The molecule has 4 rings (SSSR count). The van der Waals surface area contributed by atoms with Crippen molar-refractivity contribution >= 4 is 0 Å². The molecule has 0 aromatic carbocycles. The van der Waals surface area contributed by atoms with Gasteiger partial charge in [-0.3, -0.25) is 4.79 Å². The van der Waals surface area contributed by atoms with Gasteiger partial charge in [0.05, 0.1) is 6.33 Å². The second-order valence-electron chi connectivity index (χ2n) is 6.75. The minimum Gasteiger partial charge on any atom is -0.336 e. The Morgan fingerprint density at radius 3 is 2.69 bits per heavy atom. The zero-order chi connectivity index (χ0) is 17.8. The Kier molecular flexibility index (Phi) is 4.92. The second-order valence-corrected chi connectivity index (χ2v) is 6.75. The van der Waals surface area contributed by atoms with E-state index in [0.29, 0.717) is 18.3 Å². The molecule has 0 aliphatic carbocycles. The van der Waals surface area contributed by atoms with Crippen molar-refractivity contribution < 1.29 is 0 Å². The molecule has 8 nitrogen and oxygen atoms in total. The molecular weight excluding hydrogens is 330 g/mol. The molecule has 1 aliphatic rings. The quantitative estimate of drug-likeness (QED) is 0.662. The highest BCUT2D eigenvalue weighted by atomic mass is 16.1. The zero-order valence-electron chi connectivity index (χ0n) is 14.7. The van der Waals surface area contributed by atoms with Crippen molar-refractivity contribution in [2.24, 2.45) is 5.92 Å². The fraction of sp³-hybridized carbons (Fsp3) is 0.444. The van der Waals surface area contributed by atoms with Crippen LogP contribution in [0.3, 0.4) is 0 Å². The molecule has 3 aromatic rings. The van der Waals surface area contributed by atoms with Crippen LogP contribution < -0.4 is 5.56 Å². The van der Waals surface area contributed by atoms with Gasteiger partial charge in [-0.2, -0.15) is 5.10 Å². The Morgan fingerprint density at radius 2 is 1.96 bits per heavy atom. The van der Waals surface area contributed by atoms with Gasteiger partial charge in [0.25, 0.3) is 5.56 Å². The van der Waals surface area contributed by atoms with Crippen molar-refractivity contribution in [2.45, 2.75) is 25.9 Å². The van der Waals surface area contributed by atoms with Gasteiger partial charge in [-0.05, 0) is 44.0 Å². The van der Waals surface area contributed by atoms with Gasteiger partial charge >= 0.3 is 0 Å². The van der Waals surface area contributed by atoms with Crippen molar-refractivity contribution in [1.82, 2.24) is 34.0 Å². The van der Waals surface area contributed by atoms with Gasteiger partial charge in [-0.15, -0.1) is 5.10 Å². The van der Waals surface area contributed by atoms with E-state index >= 15 is 0 Å². The topological polar surface area (TPSA) is 73.8 Å². The molecule has 0 atom stereocenters. The van der Waals surface area contributed by atoms with Gasteiger partial charge < -0.3 is 9.47 Å². The molecule has 1 fully saturated rings. The molecule has 1 aliphatic heterocycles. The standard InChI is InChI=1S/C18H23N7O/c26-18-3-2-17(24-8-1-6-20-24)21-25(18)14-16-4-9-22(10-5-16)12-13-23-11-7-19-15-23/h1-3,6-8,11,15-16H,4-5,9-10,12-14H2. The maximum atomic E-state index is 12.2. The average molecular weight is 353 g/mol. The lowest BCUT2D eigenvalue weighted by molar-refractivity contribution is 0.165. The third-order valence-corrected chi connectivity index (χ3v) is 4.96. The van der Waals surface area contributed by atoms with Crippen LogP contribution in [-0.2, 0) is 13.1 Å². The second kappa shape index (κ2) is 7.65. The summed E-state index contributed by atoms with van der Waals surface area (Å²) < 4.78 is 5.37. The molecule has 0 saturated carbocycles. The summed E-state index contributed by atoms with van der Waals surface area (Å²) in [5.74, 6) is 1.16. The SMILES string of the molecule is O=c1ccc(-n2cccn2)nn1CC1CCN(CCn2ccnc2)CC1. The largest absolute Gasteiger partial charge is 0.336 e. The van der Waals surface area contributed by atoms with E-state index in [2.05, 4.69) is 24.6 Å². The summed E-state index contributed by atoms with van der Waals surface area (Å²) in [5.41, 5.74) is -0.0524. The van der Waals surface area contributed by atoms with Crippen LogP contribution in [0.5, 0.6) is 0 Å². The van der Waals surface area contributed by atoms with E-state index in [4.69, 9.17) is 0 Å². The van der Waals surface area contributed by atoms with Crippen molar-refractivity contribution in [3.8, 4) is 5.82 Å². The molecule has 0 amide bonds. The molecule has 4 heterocycles. The first-order valence-corrected chi connectivity index (χ1v) is 9.04. The van der Waals surface area contributed by atoms with Gasteiger partial charge in [0, 0.05) is 50.5 Å². The fourth-order valence-corrected chi connectivity index (χ4v) is 3.41. The van der Waals surface area contributed by atoms with E-state index in [1.165, 1.54) is 0 Å². The molecule has 3 aromatic heterocycles. The summed E-state index contributed by atoms with van der Waals surface area (Å²) in [6.07, 6.45) is 11.4. The minimum absolute atomic E-state index is 0.0524. The van der Waals surface area contributed by atoms with Crippen LogP contribution in [0.2, 0.25) is 0 Å². The normalized spacial score (nSPS) is 16.2. The van der Waals surface area contributed by atoms with Crippen LogP contribution in [0.1, 0.15) is 12.8 Å². The molecule has 0 N–H and O–H groups in total. The third kappa shape index (κ3) is 3.91. The highest BCUT2D eigenvalue weighted by Gasteiger charge is 2.20. The number of nitrogens with zero attached hydrogens (tertiary/aromatic N) is 7. The van der Waals surface area contributed by atoms with E-state index in [0.717, 1.165) is 39.0 Å². The van der Waals surface area contributed by atoms with Gasteiger partial charge in [-0.25, -0.2) is 14.3 Å². The van der Waals surface area contributed by atoms with E-state index in [-0.39, 0.29) is 5.56 Å². The first-order valence-electron chi connectivity index (χ1n) is 9.04. The number of hydrogen-bond acceptors (Lipinski definition) is 5. The molecule has 0 radical (unpaired) electrons. The highest BCUT2D eigenvalue weighted by molar-refractivity contribution is 5.17. The number of likely N-dealkylation sites (tertiary alicyclic amines) is 1. The van der Waals surface area contributed by atoms with Gasteiger partial charge in [0.2, 0.25) is 0 Å². The summed E-state index contributed by atoms with van der Waals surface area (Å²) in [5, 5.41) is 8.66. The lowest BCUT2D eigenvalue weighted by atomic mass is 9.97. The summed E-state index contributed by atoms with van der Waals surface area (Å²) >= 11 is 0. The maximum absolute atomic E-state index is 12.2. The number of rotatable bonds is 6. The van der Waals surface area contributed by atoms with Crippen molar-refractivity contribution in [1.29, 1.82) is 0 Å². The van der Waals surface area contributed by atoms with Crippen LogP contribution >= 0.6 is 0 Å². The van der Waals surface area contributed by atoms with Crippen molar-refractivity contribution in [3.05, 3.63) is 59.7 Å². The Bertz CT molecular complexity index is 861. The Hall–Kier alpha value is -2.74. The average Bonchev–Trinajstić information content (AvgIpc) is 3.37. The fourth-order valence-electron chi connectivity index (χ4n) is 3.41. The van der Waals surface area contributed by atoms with E-state index in [9.17, 15) is 4.79 Å². The molecule has 0 bridgehead atoms. The molecule has 0 unspecified atom stereocenters. The first kappa shape index (κ1) is 16.7. The summed E-state index contributed by atoms with van der Waals surface area (Å²) in [4.78, 5) is 18.7. The van der Waals surface area contributed by atoms with Gasteiger partial charge in [0.15, 0.2) is 5.82 Å². The molecule has 0 spiro atoms. The Balaban J connectivity index is 1.33. The Labute approximate surface area is 151 Å². The molecule has 136 valence electrons. The summed E-state index contributed by atoms with van der Waals surface area (Å²) in [6, 6.07) is 5.13. The lowest BCUT2D eigenvalue weighted by Crippen LogP contribution is -2.38. The smallest absolute Gasteiger partial charge is 0.266 e. The zero-order valence-corrected chi connectivity index (χ0v) is 14.7. The molecule has 8 heteroatoms. The third-order valence-electron chi connectivity index (χ3n) is 4.96. The number of piperidine rings is 1. The van der Waals surface area contributed by atoms with Crippen LogP contribution in [-0.4, -0.2) is 53.6 Å². The molecular formula is C18H23N7O. The van der Waals surface area contributed by atoms with Crippen LogP contribution in [0.4, 0.5) is 0 Å². The highest BCUT2D eigenvalue weighted by Crippen LogP contribution is 2.18. The van der Waals surface area contributed by atoms with Crippen LogP contribution in [0, 0.1) is 5.92 Å². The first-order chi connectivity index (χ1) is 12.8. The number of hydrogen-bond donors (Lipinski definition) is 0. The van der Waals surface area contributed by atoms with E-state index in [1.54, 1.807) is 27.7 Å². The summed E-state index contributed by atoms with van der Waals surface area (Å²) in [7, 11) is 0. The molecule has 1 saturated heterocycles. The van der Waals surface area contributed by atoms with Crippen molar-refractivity contribution in [3.63, 3.8) is 0 Å².